The molecule has 1 aromatic heterocycles. The van der Waals surface area contributed by atoms with E-state index in [2.05, 4.69) is 15.5 Å². The van der Waals surface area contributed by atoms with E-state index in [1.54, 1.807) is 48.0 Å². The van der Waals surface area contributed by atoms with E-state index >= 15 is 0 Å². The molecule has 32 heavy (non-hydrogen) atoms. The van der Waals surface area contributed by atoms with Crippen LogP contribution in [0.2, 0.25) is 5.02 Å². The average molecular weight is 493 g/mol. The summed E-state index contributed by atoms with van der Waals surface area (Å²) in [6.45, 7) is 5.69. The van der Waals surface area contributed by atoms with E-state index in [9.17, 15) is 13.2 Å². The number of aromatic nitrogens is 3. The number of sulfone groups is 1. The minimum absolute atomic E-state index is 0.186. The summed E-state index contributed by atoms with van der Waals surface area (Å²) in [7, 11) is -1.86. The lowest BCUT2D eigenvalue weighted by Gasteiger charge is -2.15. The summed E-state index contributed by atoms with van der Waals surface area (Å²) >= 11 is 7.39. The maximum Gasteiger partial charge on any atom is 0.237 e. The van der Waals surface area contributed by atoms with Gasteiger partial charge in [-0.05, 0) is 50.1 Å². The third-order valence-corrected chi connectivity index (χ3v) is 8.41. The standard InChI is InChI=1S/C22H25ClN4O3S2/c1-5-19(21(28)24-16-9-8-15(3)18(23)12-16)31-22-26-25-20(27(22)4)13-32(29,30)17-10-6-14(2)7-11-17/h6-12,19H,5,13H2,1-4H3,(H,24,28). The van der Waals surface area contributed by atoms with E-state index in [1.165, 1.54) is 11.8 Å². The Morgan fingerprint density at radius 3 is 2.47 bits per heavy atom. The monoisotopic (exact) mass is 492 g/mol. The van der Waals surface area contributed by atoms with E-state index in [1.807, 2.05) is 26.8 Å². The highest BCUT2D eigenvalue weighted by molar-refractivity contribution is 8.00. The molecule has 1 unspecified atom stereocenters. The normalized spacial score (nSPS) is 12.5. The number of nitrogens with one attached hydrogen (secondary N) is 1. The van der Waals surface area contributed by atoms with Crippen LogP contribution < -0.4 is 5.32 Å². The first-order valence-electron chi connectivity index (χ1n) is 10.0. The van der Waals surface area contributed by atoms with Crippen molar-refractivity contribution >= 4 is 44.8 Å². The van der Waals surface area contributed by atoms with Gasteiger partial charge >= 0.3 is 0 Å². The number of thioether (sulfide) groups is 1. The van der Waals surface area contributed by atoms with Gasteiger partial charge in [0.05, 0.1) is 10.1 Å². The number of anilines is 1. The van der Waals surface area contributed by atoms with E-state index in [0.717, 1.165) is 11.1 Å². The molecule has 0 aliphatic rings. The van der Waals surface area contributed by atoms with Crippen LogP contribution >= 0.6 is 23.4 Å². The molecule has 0 saturated heterocycles. The number of aryl methyl sites for hydroxylation is 2. The molecule has 0 bridgehead atoms. The van der Waals surface area contributed by atoms with Gasteiger partial charge in [-0.1, -0.05) is 54.0 Å². The first kappa shape index (κ1) is 24.3. The van der Waals surface area contributed by atoms with Crippen molar-refractivity contribution in [2.45, 2.75) is 48.2 Å². The fourth-order valence-electron chi connectivity index (χ4n) is 2.92. The third kappa shape index (κ3) is 5.70. The Morgan fingerprint density at radius 1 is 1.16 bits per heavy atom. The number of halogens is 1. The van der Waals surface area contributed by atoms with Crippen LogP contribution in [0.4, 0.5) is 5.69 Å². The van der Waals surface area contributed by atoms with Gasteiger partial charge in [-0.2, -0.15) is 0 Å². The number of hydrogen-bond acceptors (Lipinski definition) is 6. The number of carbonyl (C=O) groups is 1. The maximum absolute atomic E-state index is 12.8. The second-order valence-electron chi connectivity index (χ2n) is 7.50. The second kappa shape index (κ2) is 10.1. The number of hydrogen-bond donors (Lipinski definition) is 1. The molecule has 0 radical (unpaired) electrons. The van der Waals surface area contributed by atoms with Gasteiger partial charge in [0.15, 0.2) is 15.0 Å². The Hall–Kier alpha value is -2.36. The van der Waals surface area contributed by atoms with Gasteiger partial charge in [0, 0.05) is 17.8 Å². The molecule has 0 saturated carbocycles. The molecular formula is C22H25ClN4O3S2. The Morgan fingerprint density at radius 2 is 1.84 bits per heavy atom. The Labute approximate surface area is 197 Å². The van der Waals surface area contributed by atoms with Gasteiger partial charge < -0.3 is 9.88 Å². The van der Waals surface area contributed by atoms with Crippen LogP contribution in [0.3, 0.4) is 0 Å². The summed E-state index contributed by atoms with van der Waals surface area (Å²) in [5.41, 5.74) is 2.53. The number of rotatable bonds is 8. The van der Waals surface area contributed by atoms with Crippen molar-refractivity contribution in [2.24, 2.45) is 7.05 Å². The quantitative estimate of drug-likeness (QED) is 0.463. The molecule has 1 atom stereocenters. The molecule has 0 aliphatic heterocycles. The Kier molecular flexibility index (Phi) is 7.63. The molecular weight excluding hydrogens is 468 g/mol. The summed E-state index contributed by atoms with van der Waals surface area (Å²) in [4.78, 5) is 13.0. The summed E-state index contributed by atoms with van der Waals surface area (Å²) in [5, 5.41) is 11.7. The van der Waals surface area contributed by atoms with Gasteiger partial charge in [0.2, 0.25) is 5.91 Å². The minimum Gasteiger partial charge on any atom is -0.325 e. The van der Waals surface area contributed by atoms with Crippen LogP contribution in [0, 0.1) is 13.8 Å². The fourth-order valence-corrected chi connectivity index (χ4v) is 5.34. The summed E-state index contributed by atoms with van der Waals surface area (Å²) < 4.78 is 27.1. The topological polar surface area (TPSA) is 93.9 Å². The predicted molar refractivity (Wildman–Crippen MR) is 128 cm³/mol. The van der Waals surface area contributed by atoms with E-state index < -0.39 is 15.1 Å². The minimum atomic E-state index is -3.56. The zero-order valence-corrected chi connectivity index (χ0v) is 20.7. The van der Waals surface area contributed by atoms with Gasteiger partial charge in [-0.3, -0.25) is 4.79 Å². The van der Waals surface area contributed by atoms with Gasteiger partial charge in [0.1, 0.15) is 11.6 Å². The highest BCUT2D eigenvalue weighted by Gasteiger charge is 2.24. The van der Waals surface area contributed by atoms with Crippen molar-refractivity contribution in [1.82, 2.24) is 14.8 Å². The zero-order chi connectivity index (χ0) is 23.5. The molecule has 0 aliphatic carbocycles. The largest absolute Gasteiger partial charge is 0.325 e. The number of benzene rings is 2. The molecule has 170 valence electrons. The lowest BCUT2D eigenvalue weighted by molar-refractivity contribution is -0.115. The Bertz CT molecular complexity index is 1220. The third-order valence-electron chi connectivity index (χ3n) is 4.97. The van der Waals surface area contributed by atoms with Crippen LogP contribution in [-0.4, -0.2) is 34.3 Å². The summed E-state index contributed by atoms with van der Waals surface area (Å²) in [6.07, 6.45) is 0.556. The van der Waals surface area contributed by atoms with E-state index in [0.29, 0.717) is 28.1 Å². The molecule has 10 heteroatoms. The van der Waals surface area contributed by atoms with Crippen molar-refractivity contribution in [3.63, 3.8) is 0 Å². The number of amides is 1. The first-order valence-corrected chi connectivity index (χ1v) is 12.9. The van der Waals surface area contributed by atoms with E-state index in [4.69, 9.17) is 11.6 Å². The molecule has 3 aromatic rings. The van der Waals surface area contributed by atoms with Crippen molar-refractivity contribution in [2.75, 3.05) is 5.32 Å². The molecule has 1 amide bonds. The Balaban J connectivity index is 1.72. The number of nitrogens with zero attached hydrogens (tertiary/aromatic N) is 3. The lowest BCUT2D eigenvalue weighted by atomic mass is 10.2. The highest BCUT2D eigenvalue weighted by Crippen LogP contribution is 2.27. The van der Waals surface area contributed by atoms with Crippen LogP contribution in [0.5, 0.6) is 0 Å². The molecule has 0 spiro atoms. The van der Waals surface area contributed by atoms with Crippen molar-refractivity contribution < 1.29 is 13.2 Å². The summed E-state index contributed by atoms with van der Waals surface area (Å²) in [6, 6.07) is 12.1. The summed E-state index contributed by atoms with van der Waals surface area (Å²) in [5.74, 6) is -0.145. The first-order chi connectivity index (χ1) is 15.1. The van der Waals surface area contributed by atoms with Crippen LogP contribution in [0.25, 0.3) is 0 Å². The van der Waals surface area contributed by atoms with Gasteiger partial charge in [-0.25, -0.2) is 8.42 Å². The molecule has 7 nitrogen and oxygen atoms in total. The molecule has 2 aromatic carbocycles. The van der Waals surface area contributed by atoms with Crippen LogP contribution in [0.15, 0.2) is 52.5 Å². The number of carbonyl (C=O) groups excluding carboxylic acids is 1. The second-order valence-corrected chi connectivity index (χ2v) is 11.1. The van der Waals surface area contributed by atoms with Crippen molar-refractivity contribution in [3.8, 4) is 0 Å². The van der Waals surface area contributed by atoms with E-state index in [-0.39, 0.29) is 16.6 Å². The van der Waals surface area contributed by atoms with Crippen molar-refractivity contribution in [1.29, 1.82) is 0 Å². The molecule has 0 fully saturated rings. The van der Waals surface area contributed by atoms with Gasteiger partial charge in [0.25, 0.3) is 0 Å². The highest BCUT2D eigenvalue weighted by atomic mass is 35.5. The maximum atomic E-state index is 12.8. The predicted octanol–water partition coefficient (Wildman–Crippen LogP) is 4.57. The zero-order valence-electron chi connectivity index (χ0n) is 18.3. The van der Waals surface area contributed by atoms with Crippen molar-refractivity contribution in [3.05, 3.63) is 64.4 Å². The molecule has 1 N–H and O–H groups in total. The SMILES string of the molecule is CCC(Sc1nnc(CS(=O)(=O)c2ccc(C)cc2)n1C)C(=O)Nc1ccc(C)c(Cl)c1. The fraction of sp³-hybridized carbons (Fsp3) is 0.318. The smallest absolute Gasteiger partial charge is 0.237 e. The van der Waals surface area contributed by atoms with Crippen LogP contribution in [-0.2, 0) is 27.4 Å². The van der Waals surface area contributed by atoms with Crippen LogP contribution in [0.1, 0.15) is 30.3 Å². The average Bonchev–Trinajstić information content (AvgIpc) is 3.07. The molecule has 3 rings (SSSR count). The van der Waals surface area contributed by atoms with Gasteiger partial charge in [-0.15, -0.1) is 10.2 Å². The lowest BCUT2D eigenvalue weighted by Crippen LogP contribution is -2.25. The molecule has 1 heterocycles.